The fourth-order valence-electron chi connectivity index (χ4n) is 2.17. The van der Waals surface area contributed by atoms with Crippen molar-refractivity contribution < 1.29 is 14.3 Å². The summed E-state index contributed by atoms with van der Waals surface area (Å²) in [6.07, 6.45) is 5.49. The van der Waals surface area contributed by atoms with E-state index < -0.39 is 0 Å². The van der Waals surface area contributed by atoms with Gasteiger partial charge in [0.15, 0.2) is 0 Å². The zero-order valence-electron chi connectivity index (χ0n) is 11.7. The Hall–Kier alpha value is -1.52. The summed E-state index contributed by atoms with van der Waals surface area (Å²) in [4.78, 5) is 25.1. The highest BCUT2D eigenvalue weighted by Crippen LogP contribution is 2.12. The predicted octanol–water partition coefficient (Wildman–Crippen LogP) is 2.08. The molecule has 0 bridgehead atoms. The molecule has 5 heteroatoms. The minimum Gasteiger partial charge on any atom is -0.445 e. The summed E-state index contributed by atoms with van der Waals surface area (Å²) in [6, 6.07) is 0.0397. The van der Waals surface area contributed by atoms with Crippen molar-refractivity contribution in [1.29, 1.82) is 0 Å². The highest BCUT2D eigenvalue weighted by molar-refractivity contribution is 5.76. The fourth-order valence-corrected chi connectivity index (χ4v) is 2.17. The van der Waals surface area contributed by atoms with E-state index >= 15 is 0 Å². The zero-order valence-corrected chi connectivity index (χ0v) is 11.7. The number of nitrogens with zero attached hydrogens (tertiary/aromatic N) is 1. The minimum absolute atomic E-state index is 0.0397. The lowest BCUT2D eigenvalue weighted by atomic mass is 10.1. The van der Waals surface area contributed by atoms with Gasteiger partial charge in [-0.3, -0.25) is 4.79 Å². The normalized spacial score (nSPS) is 19.4. The maximum atomic E-state index is 11.8. The van der Waals surface area contributed by atoms with E-state index in [1.54, 1.807) is 11.0 Å². The molecule has 0 aromatic heterocycles. The first-order chi connectivity index (χ1) is 9.17. The van der Waals surface area contributed by atoms with Gasteiger partial charge >= 0.3 is 6.09 Å². The van der Waals surface area contributed by atoms with Gasteiger partial charge in [0.1, 0.15) is 6.61 Å². The molecule has 1 N–H and O–H groups in total. The van der Waals surface area contributed by atoms with Crippen molar-refractivity contribution in [3.05, 3.63) is 12.7 Å². The van der Waals surface area contributed by atoms with E-state index in [1.165, 1.54) is 0 Å². The first-order valence-electron chi connectivity index (χ1n) is 6.99. The van der Waals surface area contributed by atoms with E-state index in [1.807, 2.05) is 6.92 Å². The molecule has 0 spiro atoms. The van der Waals surface area contributed by atoms with Gasteiger partial charge in [0.05, 0.1) is 0 Å². The first kappa shape index (κ1) is 15.5. The number of ether oxygens (including phenoxy) is 1. The highest BCUT2D eigenvalue weighted by Gasteiger charge is 2.23. The van der Waals surface area contributed by atoms with E-state index in [9.17, 15) is 9.59 Å². The molecule has 1 heterocycles. The van der Waals surface area contributed by atoms with Crippen LogP contribution < -0.4 is 5.32 Å². The lowest BCUT2D eigenvalue weighted by molar-refractivity contribution is -0.121. The monoisotopic (exact) mass is 268 g/mol. The molecule has 0 radical (unpaired) electrons. The average molecular weight is 268 g/mol. The molecule has 108 valence electrons. The van der Waals surface area contributed by atoms with Gasteiger partial charge in [-0.05, 0) is 25.7 Å². The van der Waals surface area contributed by atoms with E-state index in [2.05, 4.69) is 11.9 Å². The van der Waals surface area contributed by atoms with Gasteiger partial charge in [-0.15, -0.1) is 0 Å². The van der Waals surface area contributed by atoms with Gasteiger partial charge in [-0.1, -0.05) is 19.6 Å². The van der Waals surface area contributed by atoms with Crippen LogP contribution >= 0.6 is 0 Å². The third-order valence-electron chi connectivity index (χ3n) is 3.10. The maximum absolute atomic E-state index is 11.8. The highest BCUT2D eigenvalue weighted by atomic mass is 16.6. The molecular weight excluding hydrogens is 244 g/mol. The van der Waals surface area contributed by atoms with Crippen LogP contribution in [-0.4, -0.2) is 42.6 Å². The molecule has 1 atom stereocenters. The van der Waals surface area contributed by atoms with Crippen LogP contribution in [-0.2, 0) is 9.53 Å². The molecule has 1 saturated heterocycles. The number of amides is 2. The third-order valence-corrected chi connectivity index (χ3v) is 3.10. The van der Waals surface area contributed by atoms with Crippen molar-refractivity contribution >= 4 is 12.0 Å². The molecule has 1 aliphatic heterocycles. The lowest BCUT2D eigenvalue weighted by Gasteiger charge is -2.24. The first-order valence-corrected chi connectivity index (χ1v) is 6.99. The Morgan fingerprint density at radius 1 is 1.47 bits per heavy atom. The molecule has 0 aromatic rings. The Bertz CT molecular complexity index is 318. The van der Waals surface area contributed by atoms with Gasteiger partial charge in [0, 0.05) is 25.6 Å². The maximum Gasteiger partial charge on any atom is 0.410 e. The molecule has 0 aromatic carbocycles. The second-order valence-corrected chi connectivity index (χ2v) is 4.82. The standard InChI is InChI=1S/C14H24N2O3/c1-3-7-13(17)15-12-8-5-6-9-16(11-12)14(18)19-10-4-2/h4,12H,2-3,5-11H2,1H3,(H,15,17). The summed E-state index contributed by atoms with van der Waals surface area (Å²) >= 11 is 0. The van der Waals surface area contributed by atoms with Crippen molar-refractivity contribution in [2.45, 2.75) is 45.1 Å². The number of hydrogen-bond donors (Lipinski definition) is 1. The summed E-state index contributed by atoms with van der Waals surface area (Å²) in [5, 5.41) is 2.99. The number of rotatable bonds is 5. The number of nitrogens with one attached hydrogen (secondary N) is 1. The van der Waals surface area contributed by atoms with Gasteiger partial charge < -0.3 is 15.0 Å². The van der Waals surface area contributed by atoms with Crippen LogP contribution in [0, 0.1) is 0 Å². The second kappa shape index (κ2) is 8.56. The van der Waals surface area contributed by atoms with Crippen LogP contribution in [0.25, 0.3) is 0 Å². The number of carbonyl (C=O) groups is 2. The summed E-state index contributed by atoms with van der Waals surface area (Å²) in [5.74, 6) is 0.0637. The Kier molecular flexibility index (Phi) is 7.00. The van der Waals surface area contributed by atoms with E-state index in [-0.39, 0.29) is 24.6 Å². The van der Waals surface area contributed by atoms with Crippen molar-refractivity contribution in [2.75, 3.05) is 19.7 Å². The second-order valence-electron chi connectivity index (χ2n) is 4.82. The minimum atomic E-state index is -0.323. The summed E-state index contributed by atoms with van der Waals surface area (Å²) in [7, 11) is 0. The summed E-state index contributed by atoms with van der Waals surface area (Å²) in [5.41, 5.74) is 0. The van der Waals surface area contributed by atoms with Gasteiger partial charge in [-0.25, -0.2) is 4.79 Å². The molecule has 1 rings (SSSR count). The van der Waals surface area contributed by atoms with E-state index in [0.29, 0.717) is 19.5 Å². The molecule has 0 saturated carbocycles. The van der Waals surface area contributed by atoms with Gasteiger partial charge in [0.25, 0.3) is 0 Å². The van der Waals surface area contributed by atoms with E-state index in [4.69, 9.17) is 4.74 Å². The molecule has 1 unspecified atom stereocenters. The molecule has 19 heavy (non-hydrogen) atoms. The number of hydrogen-bond acceptors (Lipinski definition) is 3. The smallest absolute Gasteiger partial charge is 0.410 e. The molecule has 0 aliphatic carbocycles. The van der Waals surface area contributed by atoms with Crippen LogP contribution in [0.5, 0.6) is 0 Å². The van der Waals surface area contributed by atoms with Crippen LogP contribution in [0.1, 0.15) is 39.0 Å². The van der Waals surface area contributed by atoms with Crippen molar-refractivity contribution in [3.63, 3.8) is 0 Å². The van der Waals surface area contributed by atoms with Crippen molar-refractivity contribution in [1.82, 2.24) is 10.2 Å². The fraction of sp³-hybridized carbons (Fsp3) is 0.714. The Labute approximate surface area is 115 Å². The molecule has 5 nitrogen and oxygen atoms in total. The SMILES string of the molecule is C=CCOC(=O)N1CCCCC(NC(=O)CCC)C1. The van der Waals surface area contributed by atoms with Gasteiger partial charge in [-0.2, -0.15) is 0 Å². The Morgan fingerprint density at radius 2 is 2.26 bits per heavy atom. The number of likely N-dealkylation sites (tertiary alicyclic amines) is 1. The quantitative estimate of drug-likeness (QED) is 0.777. The van der Waals surface area contributed by atoms with Crippen LogP contribution in [0.2, 0.25) is 0 Å². The van der Waals surface area contributed by atoms with E-state index in [0.717, 1.165) is 25.7 Å². The Morgan fingerprint density at radius 3 is 2.95 bits per heavy atom. The Balaban J connectivity index is 2.48. The molecule has 2 amide bonds. The van der Waals surface area contributed by atoms with Crippen LogP contribution in [0.15, 0.2) is 12.7 Å². The largest absolute Gasteiger partial charge is 0.445 e. The molecule has 1 fully saturated rings. The molecule has 1 aliphatic rings. The van der Waals surface area contributed by atoms with Crippen LogP contribution in [0.4, 0.5) is 4.79 Å². The lowest BCUT2D eigenvalue weighted by Crippen LogP contribution is -2.44. The average Bonchev–Trinajstić information content (AvgIpc) is 2.61. The third kappa shape index (κ3) is 5.77. The van der Waals surface area contributed by atoms with Crippen molar-refractivity contribution in [3.8, 4) is 0 Å². The molecular formula is C14H24N2O3. The summed E-state index contributed by atoms with van der Waals surface area (Å²) < 4.78 is 5.04. The van der Waals surface area contributed by atoms with Crippen LogP contribution in [0.3, 0.4) is 0 Å². The zero-order chi connectivity index (χ0) is 14.1. The topological polar surface area (TPSA) is 58.6 Å². The summed E-state index contributed by atoms with van der Waals surface area (Å²) in [6.45, 7) is 6.94. The predicted molar refractivity (Wildman–Crippen MR) is 73.8 cm³/mol. The van der Waals surface area contributed by atoms with Gasteiger partial charge in [0.2, 0.25) is 5.91 Å². The van der Waals surface area contributed by atoms with Crippen molar-refractivity contribution in [2.24, 2.45) is 0 Å². The number of carbonyl (C=O) groups excluding carboxylic acids is 2.